The van der Waals surface area contributed by atoms with Gasteiger partial charge in [0.15, 0.2) is 0 Å². The van der Waals surface area contributed by atoms with E-state index in [2.05, 4.69) is 10.6 Å². The summed E-state index contributed by atoms with van der Waals surface area (Å²) < 4.78 is 19.1. The first-order chi connectivity index (χ1) is 8.29. The summed E-state index contributed by atoms with van der Waals surface area (Å²) in [4.78, 5) is 0. The van der Waals surface area contributed by atoms with Crippen molar-refractivity contribution in [1.82, 2.24) is 0 Å². The van der Waals surface area contributed by atoms with Gasteiger partial charge in [0.05, 0.1) is 11.4 Å². The Morgan fingerprint density at radius 2 is 1.88 bits per heavy atom. The van der Waals surface area contributed by atoms with Crippen molar-refractivity contribution in [3.05, 3.63) is 24.0 Å². The molecule has 1 saturated heterocycles. The van der Waals surface area contributed by atoms with Crippen LogP contribution in [0.5, 0.6) is 0 Å². The van der Waals surface area contributed by atoms with Gasteiger partial charge in [0.1, 0.15) is 5.82 Å². The molecule has 0 aliphatic carbocycles. The normalized spacial score (nSPS) is 22.2. The molecular weight excluding hydrogens is 219 g/mol. The predicted octanol–water partition coefficient (Wildman–Crippen LogP) is 2.46. The molecular formula is C13H17FN2O. The molecule has 1 aromatic carbocycles. The van der Waals surface area contributed by atoms with Gasteiger partial charge < -0.3 is 15.4 Å². The molecule has 3 rings (SSSR count). The summed E-state index contributed by atoms with van der Waals surface area (Å²) in [6.07, 6.45) is 2.06. The average Bonchev–Trinajstić information content (AvgIpc) is 2.53. The third-order valence-corrected chi connectivity index (χ3v) is 3.86. The van der Waals surface area contributed by atoms with Crippen LogP contribution in [0.1, 0.15) is 12.8 Å². The van der Waals surface area contributed by atoms with Crippen LogP contribution in [0.15, 0.2) is 18.2 Å². The number of hydrogen-bond donors (Lipinski definition) is 2. The first-order valence-electron chi connectivity index (χ1n) is 6.13. The molecule has 92 valence electrons. The molecule has 2 N–H and O–H groups in total. The van der Waals surface area contributed by atoms with E-state index in [4.69, 9.17) is 4.74 Å². The van der Waals surface area contributed by atoms with Crippen LogP contribution in [0, 0.1) is 11.2 Å². The third kappa shape index (κ3) is 1.97. The maximum atomic E-state index is 13.7. The van der Waals surface area contributed by atoms with Crippen molar-refractivity contribution >= 4 is 11.4 Å². The molecule has 0 unspecified atom stereocenters. The van der Waals surface area contributed by atoms with Gasteiger partial charge in [-0.1, -0.05) is 6.07 Å². The standard InChI is InChI=1S/C13H17FN2O/c14-10-2-1-3-11-12(10)16-9-13(8-15-11)4-6-17-7-5-13/h1-3,15-16H,4-9H2. The largest absolute Gasteiger partial charge is 0.383 e. The zero-order valence-electron chi connectivity index (χ0n) is 9.76. The van der Waals surface area contributed by atoms with Crippen LogP contribution in [-0.2, 0) is 4.74 Å². The Hall–Kier alpha value is -1.29. The highest BCUT2D eigenvalue weighted by Crippen LogP contribution is 2.36. The number of para-hydroxylation sites is 1. The lowest BCUT2D eigenvalue weighted by molar-refractivity contribution is 0.0276. The van der Waals surface area contributed by atoms with E-state index in [1.165, 1.54) is 6.07 Å². The van der Waals surface area contributed by atoms with Crippen molar-refractivity contribution in [2.24, 2.45) is 5.41 Å². The van der Waals surface area contributed by atoms with Crippen molar-refractivity contribution in [3.8, 4) is 0 Å². The molecule has 1 spiro atoms. The van der Waals surface area contributed by atoms with Gasteiger partial charge in [-0.05, 0) is 25.0 Å². The lowest BCUT2D eigenvalue weighted by atomic mass is 9.80. The second-order valence-electron chi connectivity index (χ2n) is 4.98. The van der Waals surface area contributed by atoms with Crippen molar-refractivity contribution in [2.75, 3.05) is 36.9 Å². The van der Waals surface area contributed by atoms with Gasteiger partial charge in [0.25, 0.3) is 0 Å². The summed E-state index contributed by atoms with van der Waals surface area (Å²) in [7, 11) is 0. The minimum absolute atomic E-state index is 0.181. The van der Waals surface area contributed by atoms with Gasteiger partial charge >= 0.3 is 0 Å². The fourth-order valence-electron chi connectivity index (χ4n) is 2.63. The maximum Gasteiger partial charge on any atom is 0.148 e. The van der Waals surface area contributed by atoms with Gasteiger partial charge in [0.2, 0.25) is 0 Å². The number of nitrogens with one attached hydrogen (secondary N) is 2. The van der Waals surface area contributed by atoms with Crippen LogP contribution in [0.3, 0.4) is 0 Å². The van der Waals surface area contributed by atoms with Gasteiger partial charge in [-0.2, -0.15) is 0 Å². The molecule has 1 aromatic rings. The zero-order valence-corrected chi connectivity index (χ0v) is 9.76. The van der Waals surface area contributed by atoms with Crippen LogP contribution in [0.2, 0.25) is 0 Å². The van der Waals surface area contributed by atoms with Crippen LogP contribution in [0.25, 0.3) is 0 Å². The Bertz CT molecular complexity index is 416. The zero-order chi connectivity index (χ0) is 11.7. The number of fused-ring (bicyclic) bond motifs is 1. The Morgan fingerprint density at radius 1 is 1.12 bits per heavy atom. The van der Waals surface area contributed by atoms with Gasteiger partial charge in [-0.3, -0.25) is 0 Å². The van der Waals surface area contributed by atoms with Crippen LogP contribution < -0.4 is 10.6 Å². The Balaban J connectivity index is 1.85. The van der Waals surface area contributed by atoms with E-state index in [1.807, 2.05) is 6.07 Å². The topological polar surface area (TPSA) is 33.3 Å². The Morgan fingerprint density at radius 3 is 2.71 bits per heavy atom. The third-order valence-electron chi connectivity index (χ3n) is 3.86. The molecule has 2 aliphatic rings. The molecule has 1 fully saturated rings. The fourth-order valence-corrected chi connectivity index (χ4v) is 2.63. The van der Waals surface area contributed by atoms with Crippen molar-refractivity contribution in [1.29, 1.82) is 0 Å². The van der Waals surface area contributed by atoms with E-state index in [1.54, 1.807) is 6.07 Å². The fraction of sp³-hybridized carbons (Fsp3) is 0.538. The summed E-state index contributed by atoms with van der Waals surface area (Å²) in [5.41, 5.74) is 1.67. The number of halogens is 1. The van der Waals surface area contributed by atoms with E-state index in [0.717, 1.165) is 44.8 Å². The van der Waals surface area contributed by atoms with E-state index < -0.39 is 0 Å². The lowest BCUT2D eigenvalue weighted by Crippen LogP contribution is -2.40. The maximum absolute atomic E-state index is 13.7. The Kier molecular flexibility index (Phi) is 2.67. The molecule has 2 heterocycles. The highest BCUT2D eigenvalue weighted by Gasteiger charge is 2.34. The summed E-state index contributed by atoms with van der Waals surface area (Å²) in [5, 5.41) is 6.63. The number of rotatable bonds is 0. The van der Waals surface area contributed by atoms with E-state index in [0.29, 0.717) is 5.69 Å². The molecule has 17 heavy (non-hydrogen) atoms. The monoisotopic (exact) mass is 236 g/mol. The summed E-state index contributed by atoms with van der Waals surface area (Å²) in [5.74, 6) is -0.181. The first kappa shape index (κ1) is 10.8. The average molecular weight is 236 g/mol. The number of anilines is 2. The minimum Gasteiger partial charge on any atom is -0.383 e. The highest BCUT2D eigenvalue weighted by molar-refractivity contribution is 5.70. The molecule has 0 amide bonds. The summed E-state index contributed by atoms with van der Waals surface area (Å²) in [6, 6.07) is 5.16. The molecule has 2 aliphatic heterocycles. The van der Waals surface area contributed by atoms with Crippen LogP contribution in [0.4, 0.5) is 15.8 Å². The molecule has 0 bridgehead atoms. The van der Waals surface area contributed by atoms with E-state index >= 15 is 0 Å². The van der Waals surface area contributed by atoms with Crippen molar-refractivity contribution in [2.45, 2.75) is 12.8 Å². The van der Waals surface area contributed by atoms with Gasteiger partial charge in [0, 0.05) is 31.7 Å². The summed E-state index contributed by atoms with van der Waals surface area (Å²) >= 11 is 0. The highest BCUT2D eigenvalue weighted by atomic mass is 19.1. The first-order valence-corrected chi connectivity index (χ1v) is 6.13. The minimum atomic E-state index is -0.181. The predicted molar refractivity (Wildman–Crippen MR) is 65.9 cm³/mol. The van der Waals surface area contributed by atoms with E-state index in [-0.39, 0.29) is 11.2 Å². The summed E-state index contributed by atoms with van der Waals surface area (Å²) in [6.45, 7) is 3.32. The second-order valence-corrected chi connectivity index (χ2v) is 4.98. The van der Waals surface area contributed by atoms with E-state index in [9.17, 15) is 4.39 Å². The molecule has 3 nitrogen and oxygen atoms in total. The quantitative estimate of drug-likeness (QED) is 0.726. The van der Waals surface area contributed by atoms with Crippen LogP contribution >= 0.6 is 0 Å². The van der Waals surface area contributed by atoms with Crippen molar-refractivity contribution < 1.29 is 9.13 Å². The second kappa shape index (κ2) is 4.18. The number of benzene rings is 1. The lowest BCUT2D eigenvalue weighted by Gasteiger charge is -2.36. The SMILES string of the molecule is Fc1cccc2c1NCC1(CCOCC1)CN2. The molecule has 0 atom stereocenters. The molecule has 4 heteroatoms. The van der Waals surface area contributed by atoms with Crippen LogP contribution in [-0.4, -0.2) is 26.3 Å². The molecule has 0 saturated carbocycles. The smallest absolute Gasteiger partial charge is 0.148 e. The molecule has 0 aromatic heterocycles. The van der Waals surface area contributed by atoms with Crippen molar-refractivity contribution in [3.63, 3.8) is 0 Å². The van der Waals surface area contributed by atoms with Gasteiger partial charge in [-0.15, -0.1) is 0 Å². The number of ether oxygens (including phenoxy) is 1. The Labute approximate surface area is 100 Å². The molecule has 0 radical (unpaired) electrons. The number of hydrogen-bond acceptors (Lipinski definition) is 3. The van der Waals surface area contributed by atoms with Gasteiger partial charge in [-0.25, -0.2) is 4.39 Å².